The number of rotatable bonds is 3. The Labute approximate surface area is 135 Å². The monoisotopic (exact) mass is 320 g/mol. The zero-order valence-electron chi connectivity index (χ0n) is 12.3. The van der Waals surface area contributed by atoms with Gasteiger partial charge in [0.15, 0.2) is 0 Å². The van der Waals surface area contributed by atoms with E-state index in [0.29, 0.717) is 16.6 Å². The molecule has 0 fully saturated rings. The molecule has 2 aromatic heterocycles. The van der Waals surface area contributed by atoms with Crippen molar-refractivity contribution in [2.45, 2.75) is 0 Å². The summed E-state index contributed by atoms with van der Waals surface area (Å²) in [6, 6.07) is 14.3. The van der Waals surface area contributed by atoms with Crippen LogP contribution < -0.4 is 0 Å². The topological polar surface area (TPSA) is 106 Å². The number of H-pyrrole nitrogens is 2. The normalized spacial score (nSPS) is 11.2. The number of aromatic amines is 2. The first kappa shape index (κ1) is 14.1. The molecule has 0 atom stereocenters. The minimum Gasteiger partial charge on any atom is -0.477 e. The molecule has 0 radical (unpaired) electrons. The standard InChI is InChI=1S/C18H12N2O4/c21-17(22)14-7-9-5-6-10(8-13(9)19-14)15-11-3-1-2-4-12(11)20-16(15)18(23)24/h1-8,19-20H,(H,21,22)(H,23,24). The highest BCUT2D eigenvalue weighted by Gasteiger charge is 2.19. The molecule has 4 rings (SSSR count). The molecule has 0 aliphatic heterocycles. The second-order valence-electron chi connectivity index (χ2n) is 5.52. The second kappa shape index (κ2) is 4.99. The number of fused-ring (bicyclic) bond motifs is 2. The van der Waals surface area contributed by atoms with Gasteiger partial charge in [0.1, 0.15) is 11.4 Å². The van der Waals surface area contributed by atoms with Gasteiger partial charge >= 0.3 is 11.9 Å². The largest absolute Gasteiger partial charge is 0.477 e. The summed E-state index contributed by atoms with van der Waals surface area (Å²) in [6.45, 7) is 0. The number of benzene rings is 2. The average Bonchev–Trinajstić information content (AvgIpc) is 3.15. The van der Waals surface area contributed by atoms with Crippen molar-refractivity contribution in [3.63, 3.8) is 0 Å². The maximum atomic E-state index is 11.6. The highest BCUT2D eigenvalue weighted by molar-refractivity contribution is 6.08. The lowest BCUT2D eigenvalue weighted by atomic mass is 10.0. The van der Waals surface area contributed by atoms with Crippen LogP contribution in [0, 0.1) is 0 Å². The third-order valence-electron chi connectivity index (χ3n) is 4.06. The summed E-state index contributed by atoms with van der Waals surface area (Å²) >= 11 is 0. The van der Waals surface area contributed by atoms with Crippen molar-refractivity contribution in [3.05, 3.63) is 59.9 Å². The van der Waals surface area contributed by atoms with E-state index in [-0.39, 0.29) is 11.4 Å². The summed E-state index contributed by atoms with van der Waals surface area (Å²) in [5.41, 5.74) is 2.89. The van der Waals surface area contributed by atoms with Crippen LogP contribution in [0.3, 0.4) is 0 Å². The first-order chi connectivity index (χ1) is 11.5. The van der Waals surface area contributed by atoms with Crippen LogP contribution in [0.1, 0.15) is 21.0 Å². The summed E-state index contributed by atoms with van der Waals surface area (Å²) in [4.78, 5) is 28.5. The number of hydrogen-bond donors (Lipinski definition) is 4. The molecule has 0 saturated carbocycles. The quantitative estimate of drug-likeness (QED) is 0.461. The number of carboxylic acid groups (broad SMARTS) is 2. The number of hydrogen-bond acceptors (Lipinski definition) is 2. The molecule has 0 aliphatic rings. The van der Waals surface area contributed by atoms with Crippen LogP contribution in [0.5, 0.6) is 0 Å². The predicted octanol–water partition coefficient (Wildman–Crippen LogP) is 3.71. The maximum absolute atomic E-state index is 11.6. The van der Waals surface area contributed by atoms with E-state index in [9.17, 15) is 14.7 Å². The molecule has 6 heteroatoms. The number of aromatic nitrogens is 2. The fraction of sp³-hybridized carbons (Fsp3) is 0. The Balaban J connectivity index is 2.00. The van der Waals surface area contributed by atoms with E-state index in [0.717, 1.165) is 16.3 Å². The van der Waals surface area contributed by atoms with E-state index in [1.54, 1.807) is 24.3 Å². The Morgan fingerprint density at radius 3 is 2.38 bits per heavy atom. The number of carbonyl (C=O) groups is 2. The molecule has 118 valence electrons. The van der Waals surface area contributed by atoms with E-state index >= 15 is 0 Å². The molecule has 0 bridgehead atoms. The highest BCUT2D eigenvalue weighted by Crippen LogP contribution is 2.34. The molecular weight excluding hydrogens is 308 g/mol. The van der Waals surface area contributed by atoms with E-state index < -0.39 is 11.9 Å². The van der Waals surface area contributed by atoms with Crippen LogP contribution in [0.15, 0.2) is 48.5 Å². The number of carboxylic acids is 2. The lowest BCUT2D eigenvalue weighted by molar-refractivity contribution is 0.0681. The van der Waals surface area contributed by atoms with Crippen LogP contribution in [-0.2, 0) is 0 Å². The van der Waals surface area contributed by atoms with Crippen molar-refractivity contribution in [2.75, 3.05) is 0 Å². The molecule has 0 saturated heterocycles. The summed E-state index contributed by atoms with van der Waals surface area (Å²) in [5.74, 6) is -2.08. The first-order valence-electron chi connectivity index (χ1n) is 7.25. The van der Waals surface area contributed by atoms with Crippen molar-refractivity contribution in [1.29, 1.82) is 0 Å². The Bertz CT molecular complexity index is 1120. The van der Waals surface area contributed by atoms with Crippen LogP contribution in [-0.4, -0.2) is 32.1 Å². The van der Waals surface area contributed by atoms with Crippen molar-refractivity contribution in [3.8, 4) is 11.1 Å². The van der Waals surface area contributed by atoms with Crippen molar-refractivity contribution in [1.82, 2.24) is 9.97 Å². The number of para-hydroxylation sites is 1. The SMILES string of the molecule is O=C(O)c1cc2ccc(-c3c(C(=O)O)[nH]c4ccccc34)cc2[nH]1. The van der Waals surface area contributed by atoms with Crippen molar-refractivity contribution >= 4 is 33.7 Å². The lowest BCUT2D eigenvalue weighted by Gasteiger charge is -2.03. The molecule has 24 heavy (non-hydrogen) atoms. The van der Waals surface area contributed by atoms with Crippen molar-refractivity contribution < 1.29 is 19.8 Å². The fourth-order valence-electron chi connectivity index (χ4n) is 3.00. The third kappa shape index (κ3) is 2.04. The molecule has 4 N–H and O–H groups in total. The fourth-order valence-corrected chi connectivity index (χ4v) is 3.00. The third-order valence-corrected chi connectivity index (χ3v) is 4.06. The molecule has 0 unspecified atom stereocenters. The van der Waals surface area contributed by atoms with Gasteiger partial charge in [0.25, 0.3) is 0 Å². The second-order valence-corrected chi connectivity index (χ2v) is 5.52. The Kier molecular flexibility index (Phi) is 2.93. The molecule has 2 heterocycles. The summed E-state index contributed by atoms with van der Waals surface area (Å²) < 4.78 is 0. The van der Waals surface area contributed by atoms with Crippen LogP contribution in [0.2, 0.25) is 0 Å². The molecule has 2 aromatic carbocycles. The van der Waals surface area contributed by atoms with Gasteiger partial charge in [-0.2, -0.15) is 0 Å². The zero-order valence-corrected chi connectivity index (χ0v) is 12.3. The van der Waals surface area contributed by atoms with E-state index in [2.05, 4.69) is 9.97 Å². The van der Waals surface area contributed by atoms with Crippen molar-refractivity contribution in [2.24, 2.45) is 0 Å². The van der Waals surface area contributed by atoms with Gasteiger partial charge in [-0.3, -0.25) is 0 Å². The minimum atomic E-state index is -1.04. The van der Waals surface area contributed by atoms with Gasteiger partial charge in [-0.15, -0.1) is 0 Å². The van der Waals surface area contributed by atoms with Gasteiger partial charge < -0.3 is 20.2 Å². The van der Waals surface area contributed by atoms with Gasteiger partial charge in [-0.25, -0.2) is 9.59 Å². The maximum Gasteiger partial charge on any atom is 0.352 e. The summed E-state index contributed by atoms with van der Waals surface area (Å²) in [5, 5.41) is 20.1. The Morgan fingerprint density at radius 1 is 0.833 bits per heavy atom. The average molecular weight is 320 g/mol. The zero-order chi connectivity index (χ0) is 16.8. The van der Waals surface area contributed by atoms with Gasteiger partial charge in [-0.1, -0.05) is 30.3 Å². The Morgan fingerprint density at radius 2 is 1.62 bits per heavy atom. The lowest BCUT2D eigenvalue weighted by Crippen LogP contribution is -1.98. The predicted molar refractivity (Wildman–Crippen MR) is 89.5 cm³/mol. The van der Waals surface area contributed by atoms with E-state index in [4.69, 9.17) is 5.11 Å². The molecule has 6 nitrogen and oxygen atoms in total. The van der Waals surface area contributed by atoms with Crippen LogP contribution in [0.4, 0.5) is 0 Å². The smallest absolute Gasteiger partial charge is 0.352 e. The Hall–Kier alpha value is -3.54. The molecule has 0 spiro atoms. The van der Waals surface area contributed by atoms with Gasteiger partial charge in [0.2, 0.25) is 0 Å². The molecule has 0 amide bonds. The van der Waals surface area contributed by atoms with E-state index in [1.807, 2.05) is 24.3 Å². The van der Waals surface area contributed by atoms with E-state index in [1.165, 1.54) is 0 Å². The number of aromatic carboxylic acids is 2. The summed E-state index contributed by atoms with van der Waals surface area (Å²) in [6.07, 6.45) is 0. The summed E-state index contributed by atoms with van der Waals surface area (Å²) in [7, 11) is 0. The van der Waals surface area contributed by atoms with Gasteiger partial charge in [0.05, 0.1) is 0 Å². The molecular formula is C18H12N2O4. The van der Waals surface area contributed by atoms with Crippen LogP contribution >= 0.6 is 0 Å². The highest BCUT2D eigenvalue weighted by atomic mass is 16.4. The van der Waals surface area contributed by atoms with Gasteiger partial charge in [0, 0.05) is 27.4 Å². The molecule has 0 aliphatic carbocycles. The van der Waals surface area contributed by atoms with Gasteiger partial charge in [-0.05, 0) is 23.8 Å². The number of nitrogens with one attached hydrogen (secondary N) is 2. The minimum absolute atomic E-state index is 0.0968. The molecule has 4 aromatic rings. The van der Waals surface area contributed by atoms with Crippen LogP contribution in [0.25, 0.3) is 32.9 Å². The first-order valence-corrected chi connectivity index (χ1v) is 7.25.